The van der Waals surface area contributed by atoms with Crippen molar-refractivity contribution in [3.63, 3.8) is 0 Å². The van der Waals surface area contributed by atoms with E-state index >= 15 is 0 Å². The van der Waals surface area contributed by atoms with Crippen molar-refractivity contribution in [2.24, 2.45) is 7.05 Å². The van der Waals surface area contributed by atoms with Crippen LogP contribution < -0.4 is 5.32 Å². The third kappa shape index (κ3) is 2.62. The summed E-state index contributed by atoms with van der Waals surface area (Å²) in [4.78, 5) is 2.54. The maximum atomic E-state index is 4.22. The van der Waals surface area contributed by atoms with Crippen molar-refractivity contribution in [2.75, 3.05) is 19.6 Å². The minimum atomic E-state index is 0.689. The second kappa shape index (κ2) is 5.46. The van der Waals surface area contributed by atoms with Gasteiger partial charge in [-0.3, -0.25) is 9.58 Å². The lowest BCUT2D eigenvalue weighted by Gasteiger charge is -2.33. The molecule has 1 unspecified atom stereocenters. The first-order chi connectivity index (χ1) is 7.81. The lowest BCUT2D eigenvalue weighted by atomic mass is 10.1. The maximum Gasteiger partial charge on any atom is 0.0521 e. The van der Waals surface area contributed by atoms with Crippen LogP contribution in [0.3, 0.4) is 0 Å². The maximum absolute atomic E-state index is 4.22. The molecule has 4 nitrogen and oxygen atoms in total. The van der Waals surface area contributed by atoms with Crippen molar-refractivity contribution in [3.05, 3.63) is 18.0 Å². The molecule has 0 radical (unpaired) electrons. The molecule has 0 bridgehead atoms. The highest BCUT2D eigenvalue weighted by molar-refractivity contribution is 5.00. The van der Waals surface area contributed by atoms with E-state index in [9.17, 15) is 0 Å². The first kappa shape index (κ1) is 11.6. The number of aryl methyl sites for hydroxylation is 1. The molecule has 1 aromatic rings. The summed E-state index contributed by atoms with van der Waals surface area (Å²) >= 11 is 0. The third-order valence-electron chi connectivity index (χ3n) is 3.48. The summed E-state index contributed by atoms with van der Waals surface area (Å²) in [6.45, 7) is 6.67. The van der Waals surface area contributed by atoms with E-state index in [0.29, 0.717) is 6.04 Å². The van der Waals surface area contributed by atoms with Crippen LogP contribution in [-0.2, 0) is 13.6 Å². The summed E-state index contributed by atoms with van der Waals surface area (Å²) < 4.78 is 1.97. The molecule has 2 rings (SSSR count). The van der Waals surface area contributed by atoms with Crippen molar-refractivity contribution < 1.29 is 0 Å². The van der Waals surface area contributed by atoms with E-state index in [1.807, 2.05) is 17.9 Å². The van der Waals surface area contributed by atoms with Crippen molar-refractivity contribution in [2.45, 2.75) is 32.4 Å². The highest BCUT2D eigenvalue weighted by Crippen LogP contribution is 2.13. The zero-order valence-electron chi connectivity index (χ0n) is 10.3. The summed E-state index contributed by atoms with van der Waals surface area (Å²) in [5, 5.41) is 7.70. The van der Waals surface area contributed by atoms with E-state index in [0.717, 1.165) is 19.6 Å². The summed E-state index contributed by atoms with van der Waals surface area (Å²) in [5.74, 6) is 0. The molecule has 16 heavy (non-hydrogen) atoms. The van der Waals surface area contributed by atoms with E-state index in [-0.39, 0.29) is 0 Å². The fraction of sp³-hybridized carbons (Fsp3) is 0.750. The van der Waals surface area contributed by atoms with Crippen LogP contribution in [0.25, 0.3) is 0 Å². The Kier molecular flexibility index (Phi) is 3.96. The quantitative estimate of drug-likeness (QED) is 0.825. The second-order valence-corrected chi connectivity index (χ2v) is 4.51. The Hall–Kier alpha value is -0.870. The van der Waals surface area contributed by atoms with Gasteiger partial charge in [-0.25, -0.2) is 0 Å². The first-order valence-corrected chi connectivity index (χ1v) is 6.23. The van der Waals surface area contributed by atoms with Gasteiger partial charge in [-0.2, -0.15) is 5.10 Å². The van der Waals surface area contributed by atoms with Gasteiger partial charge in [-0.1, -0.05) is 6.92 Å². The Balaban J connectivity index is 1.97. The predicted octanol–water partition coefficient (Wildman–Crippen LogP) is 0.994. The van der Waals surface area contributed by atoms with Gasteiger partial charge in [-0.15, -0.1) is 0 Å². The standard InChI is InChI=1S/C12H22N4/c1-3-16(11-5-4-7-13-9-11)10-12-6-8-14-15(12)2/h6,8,11,13H,3-5,7,9-10H2,1-2H3. The Morgan fingerprint density at radius 1 is 1.62 bits per heavy atom. The van der Waals surface area contributed by atoms with Gasteiger partial charge in [0.15, 0.2) is 0 Å². The number of piperidine rings is 1. The zero-order valence-corrected chi connectivity index (χ0v) is 10.3. The van der Waals surface area contributed by atoms with Gasteiger partial charge in [0.25, 0.3) is 0 Å². The average molecular weight is 222 g/mol. The molecule has 0 aliphatic carbocycles. The molecule has 1 N–H and O–H groups in total. The fourth-order valence-electron chi connectivity index (χ4n) is 2.41. The van der Waals surface area contributed by atoms with Crippen molar-refractivity contribution in [3.8, 4) is 0 Å². The molecule has 1 aliphatic heterocycles. The molecular formula is C12H22N4. The number of hydrogen-bond donors (Lipinski definition) is 1. The van der Waals surface area contributed by atoms with Crippen LogP contribution >= 0.6 is 0 Å². The Morgan fingerprint density at radius 3 is 3.06 bits per heavy atom. The molecule has 1 atom stereocenters. The lowest BCUT2D eigenvalue weighted by Crippen LogP contribution is -2.45. The highest BCUT2D eigenvalue weighted by atomic mass is 15.3. The smallest absolute Gasteiger partial charge is 0.0521 e. The number of aromatic nitrogens is 2. The largest absolute Gasteiger partial charge is 0.315 e. The number of likely N-dealkylation sites (N-methyl/N-ethyl adjacent to an activating group) is 1. The van der Waals surface area contributed by atoms with Crippen LogP contribution in [0.4, 0.5) is 0 Å². The summed E-state index contributed by atoms with van der Waals surface area (Å²) in [7, 11) is 2.02. The molecule has 1 aliphatic rings. The molecule has 0 aromatic carbocycles. The predicted molar refractivity (Wildman–Crippen MR) is 65.2 cm³/mol. The second-order valence-electron chi connectivity index (χ2n) is 4.51. The molecule has 0 saturated carbocycles. The minimum absolute atomic E-state index is 0.689. The zero-order chi connectivity index (χ0) is 11.4. The van der Waals surface area contributed by atoms with Crippen LogP contribution in [0, 0.1) is 0 Å². The van der Waals surface area contributed by atoms with E-state index in [2.05, 4.69) is 28.3 Å². The molecule has 2 heterocycles. The average Bonchev–Trinajstić information content (AvgIpc) is 2.73. The number of nitrogens with one attached hydrogen (secondary N) is 1. The van der Waals surface area contributed by atoms with Crippen molar-refractivity contribution in [1.29, 1.82) is 0 Å². The van der Waals surface area contributed by atoms with Gasteiger partial charge in [0.2, 0.25) is 0 Å². The fourth-order valence-corrected chi connectivity index (χ4v) is 2.41. The van der Waals surface area contributed by atoms with E-state index in [1.54, 1.807) is 0 Å². The van der Waals surface area contributed by atoms with Gasteiger partial charge in [0.1, 0.15) is 0 Å². The molecular weight excluding hydrogens is 200 g/mol. The van der Waals surface area contributed by atoms with E-state index in [4.69, 9.17) is 0 Å². The van der Waals surface area contributed by atoms with Crippen LogP contribution in [0.2, 0.25) is 0 Å². The van der Waals surface area contributed by atoms with Gasteiger partial charge >= 0.3 is 0 Å². The Bertz CT molecular complexity index is 315. The lowest BCUT2D eigenvalue weighted by molar-refractivity contribution is 0.162. The molecule has 0 spiro atoms. The van der Waals surface area contributed by atoms with Crippen LogP contribution in [0.15, 0.2) is 12.3 Å². The SMILES string of the molecule is CCN(Cc1ccnn1C)C1CCCNC1. The molecule has 1 aromatic heterocycles. The summed E-state index contributed by atoms with van der Waals surface area (Å²) in [6.07, 6.45) is 4.49. The topological polar surface area (TPSA) is 33.1 Å². The van der Waals surface area contributed by atoms with Gasteiger partial charge in [0.05, 0.1) is 5.69 Å². The summed E-state index contributed by atoms with van der Waals surface area (Å²) in [5.41, 5.74) is 1.30. The first-order valence-electron chi connectivity index (χ1n) is 6.23. The Morgan fingerprint density at radius 2 is 2.50 bits per heavy atom. The van der Waals surface area contributed by atoms with Crippen molar-refractivity contribution in [1.82, 2.24) is 20.0 Å². The molecule has 0 amide bonds. The minimum Gasteiger partial charge on any atom is -0.315 e. The monoisotopic (exact) mass is 222 g/mol. The summed E-state index contributed by atoms with van der Waals surface area (Å²) in [6, 6.07) is 2.80. The number of nitrogens with zero attached hydrogens (tertiary/aromatic N) is 3. The number of hydrogen-bond acceptors (Lipinski definition) is 3. The van der Waals surface area contributed by atoms with Crippen molar-refractivity contribution >= 4 is 0 Å². The van der Waals surface area contributed by atoms with Crippen LogP contribution in [-0.4, -0.2) is 40.4 Å². The molecule has 90 valence electrons. The van der Waals surface area contributed by atoms with Crippen LogP contribution in [0.5, 0.6) is 0 Å². The molecule has 1 saturated heterocycles. The van der Waals surface area contributed by atoms with Crippen LogP contribution in [0.1, 0.15) is 25.5 Å². The Labute approximate surface area is 97.6 Å². The van der Waals surface area contributed by atoms with E-state index < -0.39 is 0 Å². The number of rotatable bonds is 4. The molecule has 1 fully saturated rings. The van der Waals surface area contributed by atoms with E-state index in [1.165, 1.54) is 25.1 Å². The van der Waals surface area contributed by atoms with Gasteiger partial charge in [0, 0.05) is 32.4 Å². The van der Waals surface area contributed by atoms with Gasteiger partial charge < -0.3 is 5.32 Å². The normalized spacial score (nSPS) is 21.6. The van der Waals surface area contributed by atoms with Gasteiger partial charge in [-0.05, 0) is 32.0 Å². The third-order valence-corrected chi connectivity index (χ3v) is 3.48. The highest BCUT2D eigenvalue weighted by Gasteiger charge is 2.20. The molecule has 4 heteroatoms.